The van der Waals surface area contributed by atoms with Crippen LogP contribution >= 0.6 is 0 Å². The first kappa shape index (κ1) is 24.1. The quantitative estimate of drug-likeness (QED) is 0.445. The molecular formula is C28H27FN2O4. The lowest BCUT2D eigenvalue weighted by Crippen LogP contribution is -2.46. The van der Waals surface area contributed by atoms with Crippen molar-refractivity contribution in [2.75, 3.05) is 11.5 Å². The van der Waals surface area contributed by atoms with E-state index in [2.05, 4.69) is 13.8 Å². The average Bonchev–Trinajstić information content (AvgIpc) is 3.16. The van der Waals surface area contributed by atoms with Gasteiger partial charge in [-0.3, -0.25) is 14.4 Å². The smallest absolute Gasteiger partial charge is 0.261 e. The largest absolute Gasteiger partial charge is 0.484 e. The molecule has 1 fully saturated rings. The lowest BCUT2D eigenvalue weighted by molar-refractivity contribution is -0.140. The fraction of sp³-hybridized carbons (Fsp3) is 0.250. The molecule has 0 saturated carbocycles. The number of hydrogen-bond acceptors (Lipinski definition) is 4. The summed E-state index contributed by atoms with van der Waals surface area (Å²) in [4.78, 5) is 42.0. The van der Waals surface area contributed by atoms with Gasteiger partial charge in [0.1, 0.15) is 17.6 Å². The standard InChI is InChI=1S/C28H27FN2O4/c1-19(2)21-10-14-23(15-11-21)31-26(32)16-25(28(31)34)30(17-20-8-12-22(29)13-9-20)27(33)18-35-24-6-4-3-5-7-24/h3-15,19,25H,16-18H2,1-2H3. The summed E-state index contributed by atoms with van der Waals surface area (Å²) in [5, 5.41) is 0. The van der Waals surface area contributed by atoms with Crippen molar-refractivity contribution >= 4 is 23.4 Å². The summed E-state index contributed by atoms with van der Waals surface area (Å²) in [5.41, 5.74) is 2.21. The highest BCUT2D eigenvalue weighted by atomic mass is 19.1. The van der Waals surface area contributed by atoms with Crippen molar-refractivity contribution in [3.05, 3.63) is 95.8 Å². The maximum absolute atomic E-state index is 13.4. The van der Waals surface area contributed by atoms with Gasteiger partial charge in [-0.05, 0) is 53.4 Å². The van der Waals surface area contributed by atoms with Gasteiger partial charge in [-0.25, -0.2) is 9.29 Å². The van der Waals surface area contributed by atoms with Crippen molar-refractivity contribution in [1.82, 2.24) is 4.90 Å². The van der Waals surface area contributed by atoms with Crippen molar-refractivity contribution in [2.24, 2.45) is 0 Å². The zero-order valence-corrected chi connectivity index (χ0v) is 19.7. The Morgan fingerprint density at radius 2 is 1.66 bits per heavy atom. The second kappa shape index (κ2) is 10.5. The Morgan fingerprint density at radius 1 is 1.00 bits per heavy atom. The summed E-state index contributed by atoms with van der Waals surface area (Å²) in [6.45, 7) is 3.87. The molecule has 1 atom stereocenters. The minimum atomic E-state index is -0.982. The molecule has 1 aliphatic rings. The van der Waals surface area contributed by atoms with Gasteiger partial charge in [0, 0.05) is 6.54 Å². The predicted octanol–water partition coefficient (Wildman–Crippen LogP) is 4.69. The Hall–Kier alpha value is -4.00. The van der Waals surface area contributed by atoms with E-state index < -0.39 is 23.7 Å². The van der Waals surface area contributed by atoms with E-state index in [-0.39, 0.29) is 25.5 Å². The molecule has 0 aliphatic carbocycles. The number of amides is 3. The van der Waals surface area contributed by atoms with Crippen LogP contribution in [0, 0.1) is 5.82 Å². The summed E-state index contributed by atoms with van der Waals surface area (Å²) < 4.78 is 19.0. The van der Waals surface area contributed by atoms with Crippen molar-refractivity contribution < 1.29 is 23.5 Å². The molecule has 6 nitrogen and oxygen atoms in total. The summed E-state index contributed by atoms with van der Waals surface area (Å²) in [6, 6.07) is 20.9. The zero-order valence-electron chi connectivity index (χ0n) is 19.7. The van der Waals surface area contributed by atoms with Crippen LogP contribution < -0.4 is 9.64 Å². The van der Waals surface area contributed by atoms with E-state index in [1.807, 2.05) is 18.2 Å². The van der Waals surface area contributed by atoms with Gasteiger partial charge < -0.3 is 9.64 Å². The number of nitrogens with zero attached hydrogens (tertiary/aromatic N) is 2. The number of carbonyl (C=O) groups excluding carboxylic acids is 3. The number of ether oxygens (including phenoxy) is 1. The SMILES string of the molecule is CC(C)c1ccc(N2C(=O)CC(N(Cc3ccc(F)cc3)C(=O)COc3ccccc3)C2=O)cc1. The van der Waals surface area contributed by atoms with Gasteiger partial charge in [0.15, 0.2) is 6.61 Å². The second-order valence-electron chi connectivity index (χ2n) is 8.78. The Morgan fingerprint density at radius 3 is 2.29 bits per heavy atom. The highest BCUT2D eigenvalue weighted by molar-refractivity contribution is 6.23. The molecule has 1 unspecified atom stereocenters. The fourth-order valence-electron chi connectivity index (χ4n) is 4.04. The third kappa shape index (κ3) is 5.57. The van der Waals surface area contributed by atoms with Crippen LogP contribution in [0.4, 0.5) is 10.1 Å². The van der Waals surface area contributed by atoms with Crippen LogP contribution in [0.3, 0.4) is 0 Å². The summed E-state index contributed by atoms with van der Waals surface area (Å²) >= 11 is 0. The molecule has 0 radical (unpaired) electrons. The van der Waals surface area contributed by atoms with Crippen molar-refractivity contribution in [1.29, 1.82) is 0 Å². The summed E-state index contributed by atoms with van der Waals surface area (Å²) in [7, 11) is 0. The molecular weight excluding hydrogens is 447 g/mol. The molecule has 1 saturated heterocycles. The molecule has 0 bridgehead atoms. The summed E-state index contributed by atoms with van der Waals surface area (Å²) in [6.07, 6.45) is -0.136. The highest BCUT2D eigenvalue weighted by Gasteiger charge is 2.44. The van der Waals surface area contributed by atoms with Crippen LogP contribution in [0.2, 0.25) is 0 Å². The molecule has 3 aromatic rings. The van der Waals surface area contributed by atoms with Gasteiger partial charge in [-0.2, -0.15) is 0 Å². The Kier molecular flexibility index (Phi) is 7.25. The monoisotopic (exact) mass is 474 g/mol. The molecule has 180 valence electrons. The topological polar surface area (TPSA) is 66.9 Å². The van der Waals surface area contributed by atoms with Gasteiger partial charge in [0.05, 0.1) is 12.1 Å². The minimum Gasteiger partial charge on any atom is -0.484 e. The molecule has 0 N–H and O–H groups in total. The Bertz CT molecular complexity index is 1190. The van der Waals surface area contributed by atoms with Crippen molar-refractivity contribution in [3.63, 3.8) is 0 Å². The lowest BCUT2D eigenvalue weighted by Gasteiger charge is -2.28. The third-order valence-corrected chi connectivity index (χ3v) is 6.01. The van der Waals surface area contributed by atoms with Gasteiger partial charge in [-0.15, -0.1) is 0 Å². The first-order valence-electron chi connectivity index (χ1n) is 11.5. The molecule has 7 heteroatoms. The number of para-hydroxylation sites is 1. The Labute approximate surface area is 203 Å². The molecule has 35 heavy (non-hydrogen) atoms. The van der Waals surface area contributed by atoms with Crippen LogP contribution in [-0.4, -0.2) is 35.3 Å². The number of carbonyl (C=O) groups is 3. The lowest BCUT2D eigenvalue weighted by atomic mass is 10.0. The number of anilines is 1. The minimum absolute atomic E-state index is 0.0427. The maximum atomic E-state index is 13.4. The average molecular weight is 475 g/mol. The highest BCUT2D eigenvalue weighted by Crippen LogP contribution is 2.28. The van der Waals surface area contributed by atoms with Crippen LogP contribution in [0.15, 0.2) is 78.9 Å². The van der Waals surface area contributed by atoms with Crippen LogP contribution in [0.5, 0.6) is 5.75 Å². The normalized spacial score (nSPS) is 15.5. The van der Waals surface area contributed by atoms with E-state index in [1.54, 1.807) is 48.5 Å². The molecule has 1 aliphatic heterocycles. The Balaban J connectivity index is 1.57. The molecule has 0 aromatic heterocycles. The molecule has 4 rings (SSSR count). The number of hydrogen-bond donors (Lipinski definition) is 0. The van der Waals surface area contributed by atoms with Crippen LogP contribution in [0.1, 0.15) is 37.3 Å². The van der Waals surface area contributed by atoms with E-state index in [4.69, 9.17) is 4.74 Å². The number of rotatable bonds is 8. The molecule has 3 amide bonds. The van der Waals surface area contributed by atoms with Crippen LogP contribution in [0.25, 0.3) is 0 Å². The molecule has 3 aromatic carbocycles. The van der Waals surface area contributed by atoms with E-state index in [0.717, 1.165) is 10.5 Å². The van der Waals surface area contributed by atoms with E-state index in [9.17, 15) is 18.8 Å². The van der Waals surface area contributed by atoms with E-state index >= 15 is 0 Å². The van der Waals surface area contributed by atoms with E-state index in [0.29, 0.717) is 22.9 Å². The van der Waals surface area contributed by atoms with Gasteiger partial charge in [0.25, 0.3) is 11.8 Å². The number of benzene rings is 3. The second-order valence-corrected chi connectivity index (χ2v) is 8.78. The number of imide groups is 1. The van der Waals surface area contributed by atoms with Gasteiger partial charge in [-0.1, -0.05) is 56.3 Å². The van der Waals surface area contributed by atoms with Gasteiger partial charge >= 0.3 is 0 Å². The van der Waals surface area contributed by atoms with Crippen LogP contribution in [-0.2, 0) is 20.9 Å². The first-order chi connectivity index (χ1) is 16.8. The van der Waals surface area contributed by atoms with Crippen molar-refractivity contribution in [3.8, 4) is 5.75 Å². The fourth-order valence-corrected chi connectivity index (χ4v) is 4.04. The molecule has 1 heterocycles. The maximum Gasteiger partial charge on any atom is 0.261 e. The first-order valence-corrected chi connectivity index (χ1v) is 11.5. The predicted molar refractivity (Wildman–Crippen MR) is 130 cm³/mol. The summed E-state index contributed by atoms with van der Waals surface area (Å²) in [5.74, 6) is -0.859. The third-order valence-electron chi connectivity index (χ3n) is 6.01. The molecule has 0 spiro atoms. The van der Waals surface area contributed by atoms with Crippen molar-refractivity contribution in [2.45, 2.75) is 38.8 Å². The van der Waals surface area contributed by atoms with E-state index in [1.165, 1.54) is 17.0 Å². The van der Waals surface area contributed by atoms with Gasteiger partial charge in [0.2, 0.25) is 5.91 Å². The zero-order chi connectivity index (χ0) is 24.9. The number of halogens is 1.